The molecule has 142 valence electrons. The van der Waals surface area contributed by atoms with Gasteiger partial charge in [0.25, 0.3) is 5.91 Å². The van der Waals surface area contributed by atoms with Crippen LogP contribution in [0.3, 0.4) is 0 Å². The maximum atomic E-state index is 12.9. The number of rotatable bonds is 4. The summed E-state index contributed by atoms with van der Waals surface area (Å²) in [5, 5.41) is 3.34. The van der Waals surface area contributed by atoms with Gasteiger partial charge in [-0.05, 0) is 55.3 Å². The van der Waals surface area contributed by atoms with Crippen molar-refractivity contribution in [3.05, 3.63) is 17.7 Å². The molecular weight excluding hydrogens is 324 g/mol. The summed E-state index contributed by atoms with van der Waals surface area (Å²) in [7, 11) is 0. The largest absolute Gasteiger partial charge is 0.346 e. The first-order chi connectivity index (χ1) is 12.5. The van der Waals surface area contributed by atoms with E-state index in [2.05, 4.69) is 33.6 Å². The highest BCUT2D eigenvalue weighted by atomic mass is 16.2. The van der Waals surface area contributed by atoms with Crippen molar-refractivity contribution in [3.63, 3.8) is 0 Å². The molecule has 4 unspecified atom stereocenters. The summed E-state index contributed by atoms with van der Waals surface area (Å²) in [6, 6.07) is 0.222. The Labute approximate surface area is 156 Å². The molecule has 1 amide bonds. The highest BCUT2D eigenvalue weighted by Crippen LogP contribution is 2.51. The molecule has 3 heterocycles. The average Bonchev–Trinajstić information content (AvgIpc) is 2.87. The van der Waals surface area contributed by atoms with E-state index in [1.165, 1.54) is 32.2 Å². The van der Waals surface area contributed by atoms with E-state index in [4.69, 9.17) is 0 Å². The number of hydrogen-bond donors (Lipinski definition) is 1. The van der Waals surface area contributed by atoms with Crippen LogP contribution in [0.1, 0.15) is 62.3 Å². The van der Waals surface area contributed by atoms with Crippen LogP contribution in [0.25, 0.3) is 0 Å². The van der Waals surface area contributed by atoms with E-state index in [1.54, 1.807) is 6.20 Å². The van der Waals surface area contributed by atoms with Gasteiger partial charge in [0.2, 0.25) is 0 Å². The van der Waals surface area contributed by atoms with Gasteiger partial charge in [-0.3, -0.25) is 4.79 Å². The molecular formula is C21H32N4O. The number of likely N-dealkylation sites (tertiary alicyclic amines) is 1. The summed E-state index contributed by atoms with van der Waals surface area (Å²) in [6.07, 6.45) is 9.68. The molecule has 5 nitrogen and oxygen atoms in total. The molecule has 1 saturated heterocycles. The lowest BCUT2D eigenvalue weighted by atomic mass is 9.87. The first-order valence-electron chi connectivity index (χ1n) is 10.6. The third-order valence-electron chi connectivity index (χ3n) is 7.44. The third-order valence-corrected chi connectivity index (χ3v) is 7.44. The van der Waals surface area contributed by atoms with Crippen LogP contribution >= 0.6 is 0 Å². The predicted molar refractivity (Wildman–Crippen MR) is 101 cm³/mol. The zero-order chi connectivity index (χ0) is 17.9. The van der Waals surface area contributed by atoms with Crippen LogP contribution in [0.2, 0.25) is 0 Å². The molecule has 0 bridgehead atoms. The number of aryl methyl sites for hydroxylation is 1. The number of fused-ring (bicyclic) bond motifs is 2. The van der Waals surface area contributed by atoms with E-state index >= 15 is 0 Å². The zero-order valence-corrected chi connectivity index (χ0v) is 16.2. The van der Waals surface area contributed by atoms with Crippen molar-refractivity contribution in [1.29, 1.82) is 0 Å². The van der Waals surface area contributed by atoms with E-state index in [9.17, 15) is 4.79 Å². The number of hydrogen-bond acceptors (Lipinski definition) is 3. The Hall–Kier alpha value is -1.36. The smallest absolute Gasteiger partial charge is 0.269 e. The van der Waals surface area contributed by atoms with Gasteiger partial charge >= 0.3 is 0 Å². The molecule has 3 fully saturated rings. The quantitative estimate of drug-likeness (QED) is 0.902. The minimum absolute atomic E-state index is 0.0593. The van der Waals surface area contributed by atoms with Crippen molar-refractivity contribution >= 4 is 5.91 Å². The summed E-state index contributed by atoms with van der Waals surface area (Å²) >= 11 is 0. The second kappa shape index (κ2) is 6.08. The number of imidazole rings is 1. The second-order valence-electron chi connectivity index (χ2n) is 9.96. The molecule has 0 radical (unpaired) electrons. The van der Waals surface area contributed by atoms with Crippen LogP contribution in [0.15, 0.2) is 6.20 Å². The van der Waals surface area contributed by atoms with E-state index in [1.807, 2.05) is 0 Å². The molecule has 2 aliphatic carbocycles. The Bertz CT molecular complexity index is 709. The average molecular weight is 357 g/mol. The molecule has 5 heteroatoms. The number of nitrogens with one attached hydrogen (secondary N) is 1. The highest BCUT2D eigenvalue weighted by molar-refractivity contribution is 5.92. The Morgan fingerprint density at radius 1 is 1.31 bits per heavy atom. The Morgan fingerprint density at radius 3 is 3.04 bits per heavy atom. The lowest BCUT2D eigenvalue weighted by Crippen LogP contribution is -2.45. The van der Waals surface area contributed by atoms with Crippen LogP contribution in [0.5, 0.6) is 0 Å². The molecule has 4 aliphatic rings. The molecule has 1 aromatic heterocycles. The highest BCUT2D eigenvalue weighted by Gasteiger charge is 2.45. The fourth-order valence-electron chi connectivity index (χ4n) is 5.79. The van der Waals surface area contributed by atoms with Crippen LogP contribution in [-0.4, -0.2) is 46.0 Å². The van der Waals surface area contributed by atoms with Crippen LogP contribution < -0.4 is 5.32 Å². The third kappa shape index (κ3) is 2.98. The number of amides is 1. The first-order valence-corrected chi connectivity index (χ1v) is 10.6. The normalized spacial score (nSPS) is 35.2. The lowest BCUT2D eigenvalue weighted by Gasteiger charge is -2.27. The Morgan fingerprint density at radius 2 is 2.19 bits per heavy atom. The molecule has 4 atom stereocenters. The summed E-state index contributed by atoms with van der Waals surface area (Å²) in [4.78, 5) is 19.9. The standard InChI is InChI=1S/C21H32N4O/c1-21(2)13-24(11-14-5-6-15-9-16(15)8-14)12-18(21)23-20(26)17-10-22-19-4-3-7-25(17)19/h10,14-16,18H,3-9,11-13H2,1-2H3,(H,23,26). The molecule has 0 spiro atoms. The van der Waals surface area contributed by atoms with E-state index < -0.39 is 0 Å². The van der Waals surface area contributed by atoms with Gasteiger partial charge in [0.15, 0.2) is 0 Å². The number of carbonyl (C=O) groups excluding carboxylic acids is 1. The summed E-state index contributed by atoms with van der Waals surface area (Å²) in [5.41, 5.74) is 0.874. The van der Waals surface area contributed by atoms with Gasteiger partial charge in [-0.15, -0.1) is 0 Å². The summed E-state index contributed by atoms with van der Waals surface area (Å²) in [6.45, 7) is 8.84. The summed E-state index contributed by atoms with van der Waals surface area (Å²) < 4.78 is 2.10. The van der Waals surface area contributed by atoms with Gasteiger partial charge in [-0.2, -0.15) is 0 Å². The number of carbonyl (C=O) groups is 1. The molecule has 5 rings (SSSR count). The van der Waals surface area contributed by atoms with Gasteiger partial charge in [0, 0.05) is 38.6 Å². The minimum atomic E-state index is 0.0593. The summed E-state index contributed by atoms with van der Waals surface area (Å²) in [5.74, 6) is 4.12. The van der Waals surface area contributed by atoms with Crippen molar-refractivity contribution < 1.29 is 4.79 Å². The van der Waals surface area contributed by atoms with Gasteiger partial charge in [0.05, 0.1) is 6.20 Å². The van der Waals surface area contributed by atoms with Gasteiger partial charge in [-0.25, -0.2) is 4.98 Å². The maximum absolute atomic E-state index is 12.9. The van der Waals surface area contributed by atoms with Gasteiger partial charge in [-0.1, -0.05) is 13.8 Å². The maximum Gasteiger partial charge on any atom is 0.269 e. The van der Waals surface area contributed by atoms with E-state index in [0.29, 0.717) is 0 Å². The van der Waals surface area contributed by atoms with Crippen molar-refractivity contribution in [1.82, 2.24) is 19.8 Å². The van der Waals surface area contributed by atoms with Crippen molar-refractivity contribution in [2.45, 2.75) is 65.0 Å². The first kappa shape index (κ1) is 16.8. The van der Waals surface area contributed by atoms with Crippen LogP contribution in [0.4, 0.5) is 0 Å². The van der Waals surface area contributed by atoms with Gasteiger partial charge < -0.3 is 14.8 Å². The number of nitrogens with zero attached hydrogens (tertiary/aromatic N) is 3. The fourth-order valence-corrected chi connectivity index (χ4v) is 5.79. The molecule has 1 aromatic rings. The number of aromatic nitrogens is 2. The monoisotopic (exact) mass is 356 g/mol. The topological polar surface area (TPSA) is 50.2 Å². The molecule has 0 aromatic carbocycles. The minimum Gasteiger partial charge on any atom is -0.346 e. The van der Waals surface area contributed by atoms with Crippen molar-refractivity contribution in [2.75, 3.05) is 19.6 Å². The molecule has 26 heavy (non-hydrogen) atoms. The molecule has 1 N–H and O–H groups in total. The molecule has 2 saturated carbocycles. The van der Waals surface area contributed by atoms with Crippen LogP contribution in [0, 0.1) is 23.2 Å². The van der Waals surface area contributed by atoms with Crippen molar-refractivity contribution in [3.8, 4) is 0 Å². The SMILES string of the molecule is CC1(C)CN(CC2CCC3CC3C2)CC1NC(=O)c1cnc2n1CCC2. The molecule has 2 aliphatic heterocycles. The van der Waals surface area contributed by atoms with E-state index in [0.717, 1.165) is 61.7 Å². The lowest BCUT2D eigenvalue weighted by molar-refractivity contribution is 0.0907. The predicted octanol–water partition coefficient (Wildman–Crippen LogP) is 2.71. The van der Waals surface area contributed by atoms with Gasteiger partial charge in [0.1, 0.15) is 11.5 Å². The van der Waals surface area contributed by atoms with Crippen molar-refractivity contribution in [2.24, 2.45) is 23.2 Å². The Balaban J connectivity index is 1.21. The van der Waals surface area contributed by atoms with E-state index in [-0.39, 0.29) is 17.4 Å². The second-order valence-corrected chi connectivity index (χ2v) is 9.96. The zero-order valence-electron chi connectivity index (χ0n) is 16.2. The Kier molecular flexibility index (Phi) is 3.93. The van der Waals surface area contributed by atoms with Crippen LogP contribution in [-0.2, 0) is 13.0 Å². The fraction of sp³-hybridized carbons (Fsp3) is 0.810.